The Hall–Kier alpha value is -2.37. The molecule has 0 aliphatic heterocycles. The van der Waals surface area contributed by atoms with E-state index in [4.69, 9.17) is 15.3 Å². The number of hydrogen-bond acceptors (Lipinski definition) is 6. The van der Waals surface area contributed by atoms with Crippen LogP contribution >= 0.6 is 0 Å². The SMILES string of the molecule is Oc1ccc(-c2nc(O)nc(O)n2)cc1. The third kappa shape index (κ3) is 1.93. The van der Waals surface area contributed by atoms with Crippen molar-refractivity contribution in [2.45, 2.75) is 0 Å². The monoisotopic (exact) mass is 205 g/mol. The molecule has 1 aromatic heterocycles. The third-order valence-corrected chi connectivity index (χ3v) is 1.74. The van der Waals surface area contributed by atoms with E-state index in [9.17, 15) is 0 Å². The summed E-state index contributed by atoms with van der Waals surface area (Å²) < 4.78 is 0. The van der Waals surface area contributed by atoms with E-state index in [1.165, 1.54) is 12.1 Å². The van der Waals surface area contributed by atoms with E-state index in [0.29, 0.717) is 5.56 Å². The first-order valence-corrected chi connectivity index (χ1v) is 4.08. The molecule has 2 rings (SSSR count). The summed E-state index contributed by atoms with van der Waals surface area (Å²) in [5.74, 6) is 0.251. The van der Waals surface area contributed by atoms with Gasteiger partial charge in [0.25, 0.3) is 0 Å². The van der Waals surface area contributed by atoms with E-state index in [-0.39, 0.29) is 11.6 Å². The van der Waals surface area contributed by atoms with Crippen LogP contribution in [-0.2, 0) is 0 Å². The summed E-state index contributed by atoms with van der Waals surface area (Å²) in [6.07, 6.45) is 0. The van der Waals surface area contributed by atoms with Gasteiger partial charge in [-0.1, -0.05) is 0 Å². The zero-order valence-corrected chi connectivity index (χ0v) is 7.49. The second-order valence-corrected chi connectivity index (χ2v) is 2.81. The molecule has 0 amide bonds. The van der Waals surface area contributed by atoms with Crippen molar-refractivity contribution in [3.05, 3.63) is 24.3 Å². The van der Waals surface area contributed by atoms with E-state index in [0.717, 1.165) is 0 Å². The molecule has 0 unspecified atom stereocenters. The van der Waals surface area contributed by atoms with Crippen LogP contribution in [0.15, 0.2) is 24.3 Å². The normalized spacial score (nSPS) is 10.1. The number of rotatable bonds is 1. The molecular weight excluding hydrogens is 198 g/mol. The summed E-state index contributed by atoms with van der Waals surface area (Å²) in [7, 11) is 0. The van der Waals surface area contributed by atoms with Gasteiger partial charge in [-0.15, -0.1) is 4.98 Å². The Kier molecular flexibility index (Phi) is 2.09. The van der Waals surface area contributed by atoms with Crippen LogP contribution in [-0.4, -0.2) is 30.3 Å². The zero-order valence-electron chi connectivity index (χ0n) is 7.49. The zero-order chi connectivity index (χ0) is 10.8. The molecule has 0 saturated heterocycles. The second kappa shape index (κ2) is 3.41. The van der Waals surface area contributed by atoms with Crippen LogP contribution in [0.4, 0.5) is 0 Å². The van der Waals surface area contributed by atoms with Crippen molar-refractivity contribution in [2.75, 3.05) is 0 Å². The fourth-order valence-corrected chi connectivity index (χ4v) is 1.09. The number of benzene rings is 1. The molecule has 0 atom stereocenters. The topological polar surface area (TPSA) is 99.4 Å². The Balaban J connectivity index is 2.49. The predicted octanol–water partition coefficient (Wildman–Crippen LogP) is 0.655. The molecule has 3 N–H and O–H groups in total. The molecule has 6 nitrogen and oxygen atoms in total. The fourth-order valence-electron chi connectivity index (χ4n) is 1.09. The lowest BCUT2D eigenvalue weighted by Crippen LogP contribution is -1.91. The standard InChI is InChI=1S/C9H7N3O3/c13-6-3-1-5(2-4-6)7-10-8(14)12-9(15)11-7/h1-4,13H,(H2,10,11,12,14,15). The van der Waals surface area contributed by atoms with E-state index in [1.54, 1.807) is 12.1 Å². The van der Waals surface area contributed by atoms with Crippen molar-refractivity contribution in [3.8, 4) is 29.2 Å². The second-order valence-electron chi connectivity index (χ2n) is 2.81. The Labute approximate surface area is 84.5 Å². The first-order valence-electron chi connectivity index (χ1n) is 4.08. The van der Waals surface area contributed by atoms with Crippen LogP contribution < -0.4 is 0 Å². The summed E-state index contributed by atoms with van der Waals surface area (Å²) in [6, 6.07) is 4.92. The van der Waals surface area contributed by atoms with Crippen molar-refractivity contribution < 1.29 is 15.3 Å². The van der Waals surface area contributed by atoms with Gasteiger partial charge in [0.05, 0.1) is 0 Å². The molecule has 76 valence electrons. The predicted molar refractivity (Wildman–Crippen MR) is 50.3 cm³/mol. The van der Waals surface area contributed by atoms with Gasteiger partial charge in [-0.2, -0.15) is 9.97 Å². The van der Waals surface area contributed by atoms with Crippen LogP contribution in [0.5, 0.6) is 17.8 Å². The lowest BCUT2D eigenvalue weighted by Gasteiger charge is -2.00. The van der Waals surface area contributed by atoms with Gasteiger partial charge < -0.3 is 15.3 Å². The van der Waals surface area contributed by atoms with Gasteiger partial charge in [0.15, 0.2) is 5.82 Å². The van der Waals surface area contributed by atoms with Gasteiger partial charge >= 0.3 is 12.0 Å². The van der Waals surface area contributed by atoms with Crippen molar-refractivity contribution in [1.29, 1.82) is 0 Å². The molecule has 0 aliphatic rings. The quantitative estimate of drug-likeness (QED) is 0.632. The highest BCUT2D eigenvalue weighted by atomic mass is 16.3. The highest BCUT2D eigenvalue weighted by Gasteiger charge is 2.06. The largest absolute Gasteiger partial charge is 0.508 e. The van der Waals surface area contributed by atoms with Crippen molar-refractivity contribution in [3.63, 3.8) is 0 Å². The summed E-state index contributed by atoms with van der Waals surface area (Å²) in [4.78, 5) is 10.5. The number of aromatic nitrogens is 3. The maximum Gasteiger partial charge on any atom is 0.320 e. The van der Waals surface area contributed by atoms with Gasteiger partial charge in [-0.05, 0) is 24.3 Å². The maximum atomic E-state index is 9.06. The molecule has 0 aliphatic carbocycles. The molecular formula is C9H7N3O3. The molecule has 0 radical (unpaired) electrons. The molecule has 0 saturated carbocycles. The van der Waals surface area contributed by atoms with Gasteiger partial charge in [0.2, 0.25) is 0 Å². The van der Waals surface area contributed by atoms with Gasteiger partial charge in [-0.25, -0.2) is 0 Å². The molecule has 0 bridgehead atoms. The minimum absolute atomic E-state index is 0.112. The number of aromatic hydroxyl groups is 3. The average molecular weight is 205 g/mol. The Bertz CT molecular complexity index is 464. The van der Waals surface area contributed by atoms with Crippen LogP contribution in [0.1, 0.15) is 0 Å². The van der Waals surface area contributed by atoms with Crippen LogP contribution in [0, 0.1) is 0 Å². The molecule has 1 heterocycles. The summed E-state index contributed by atoms with van der Waals surface area (Å²) in [5.41, 5.74) is 0.556. The van der Waals surface area contributed by atoms with Gasteiger partial charge in [-0.3, -0.25) is 0 Å². The van der Waals surface area contributed by atoms with Crippen LogP contribution in [0.3, 0.4) is 0 Å². The summed E-state index contributed by atoms with van der Waals surface area (Å²) >= 11 is 0. The van der Waals surface area contributed by atoms with Gasteiger partial charge in [0, 0.05) is 5.56 Å². The average Bonchev–Trinajstić information content (AvgIpc) is 2.17. The number of nitrogens with zero attached hydrogens (tertiary/aromatic N) is 3. The minimum Gasteiger partial charge on any atom is -0.508 e. The number of hydrogen-bond donors (Lipinski definition) is 3. The summed E-state index contributed by atoms with van der Waals surface area (Å²) in [6.45, 7) is 0. The van der Waals surface area contributed by atoms with Crippen molar-refractivity contribution in [2.24, 2.45) is 0 Å². The van der Waals surface area contributed by atoms with Crippen LogP contribution in [0.2, 0.25) is 0 Å². The van der Waals surface area contributed by atoms with Crippen molar-refractivity contribution >= 4 is 0 Å². The molecule has 2 aromatic rings. The highest BCUT2D eigenvalue weighted by molar-refractivity contribution is 5.56. The molecule has 15 heavy (non-hydrogen) atoms. The Morgan fingerprint density at radius 2 is 1.27 bits per heavy atom. The fraction of sp³-hybridized carbons (Fsp3) is 0. The Morgan fingerprint density at radius 1 is 0.733 bits per heavy atom. The molecule has 1 aromatic carbocycles. The maximum absolute atomic E-state index is 9.06. The smallest absolute Gasteiger partial charge is 0.320 e. The van der Waals surface area contributed by atoms with E-state index in [2.05, 4.69) is 15.0 Å². The summed E-state index contributed by atoms with van der Waals surface area (Å²) in [5, 5.41) is 27.1. The van der Waals surface area contributed by atoms with Crippen molar-refractivity contribution in [1.82, 2.24) is 15.0 Å². The Morgan fingerprint density at radius 3 is 1.80 bits per heavy atom. The number of phenols is 1. The van der Waals surface area contributed by atoms with E-state index in [1.807, 2.05) is 0 Å². The minimum atomic E-state index is -0.550. The van der Waals surface area contributed by atoms with Crippen LogP contribution in [0.25, 0.3) is 11.4 Å². The van der Waals surface area contributed by atoms with Gasteiger partial charge in [0.1, 0.15) is 5.75 Å². The lowest BCUT2D eigenvalue weighted by atomic mass is 10.2. The lowest BCUT2D eigenvalue weighted by molar-refractivity contribution is 0.383. The third-order valence-electron chi connectivity index (χ3n) is 1.74. The molecule has 0 fully saturated rings. The first kappa shape index (κ1) is 9.20. The number of phenolic OH excluding ortho intramolecular Hbond substituents is 1. The van der Waals surface area contributed by atoms with E-state index < -0.39 is 12.0 Å². The van der Waals surface area contributed by atoms with E-state index >= 15 is 0 Å². The molecule has 6 heteroatoms. The highest BCUT2D eigenvalue weighted by Crippen LogP contribution is 2.20. The first-order chi connectivity index (χ1) is 7.15. The molecule has 0 spiro atoms.